The molecule has 0 nitrogen and oxygen atoms in total. The summed E-state index contributed by atoms with van der Waals surface area (Å²) in [5, 5.41) is 0. The van der Waals surface area contributed by atoms with Crippen molar-refractivity contribution in [2.24, 2.45) is 0 Å². The first-order valence-electron chi connectivity index (χ1n) is 11.2. The topological polar surface area (TPSA) is 0 Å². The molecule has 0 fully saturated rings. The second-order valence-electron chi connectivity index (χ2n) is 8.31. The van der Waals surface area contributed by atoms with E-state index in [1.807, 2.05) is 24.3 Å². The minimum absolute atomic E-state index is 0.227. The number of halogens is 2. The van der Waals surface area contributed by atoms with Crippen LogP contribution in [0.1, 0.15) is 39.8 Å². The Morgan fingerprint density at radius 1 is 0.697 bits per heavy atom. The Bertz CT molecular complexity index is 1320. The summed E-state index contributed by atoms with van der Waals surface area (Å²) >= 11 is 6.29. The standard InChI is InChI=1S/C31H24ClF/c32-18-17-28-29(20-23-9-5-2-6-10-23)30-21-24(19-22-7-3-1-4-8-22)11-16-27(30)31(28)25-12-14-26(33)15-13-25/h1-16,20-21H,17-19H2/b29-20-. The molecule has 4 aromatic rings. The van der Waals surface area contributed by atoms with E-state index < -0.39 is 0 Å². The minimum Gasteiger partial charge on any atom is -0.207 e. The summed E-state index contributed by atoms with van der Waals surface area (Å²) in [6.45, 7) is 0. The fraction of sp³-hybridized carbons (Fsp3) is 0.0968. The first-order valence-corrected chi connectivity index (χ1v) is 11.8. The molecule has 4 aromatic carbocycles. The third-order valence-corrected chi connectivity index (χ3v) is 6.30. The van der Waals surface area contributed by atoms with Gasteiger partial charge in [0, 0.05) is 5.88 Å². The Kier molecular flexibility index (Phi) is 6.24. The highest BCUT2D eigenvalue weighted by Crippen LogP contribution is 2.47. The van der Waals surface area contributed by atoms with E-state index in [0.29, 0.717) is 5.88 Å². The largest absolute Gasteiger partial charge is 0.207 e. The van der Waals surface area contributed by atoms with Crippen LogP contribution < -0.4 is 0 Å². The molecule has 0 heterocycles. The lowest BCUT2D eigenvalue weighted by Gasteiger charge is -2.09. The Balaban J connectivity index is 1.68. The molecule has 0 aliphatic heterocycles. The number of benzene rings is 4. The molecule has 2 heteroatoms. The summed E-state index contributed by atoms with van der Waals surface area (Å²) in [6.07, 6.45) is 3.88. The van der Waals surface area contributed by atoms with E-state index in [0.717, 1.165) is 29.5 Å². The van der Waals surface area contributed by atoms with Gasteiger partial charge in [0.1, 0.15) is 5.82 Å². The van der Waals surface area contributed by atoms with Crippen molar-refractivity contribution in [3.8, 4) is 0 Å². The molecule has 0 saturated carbocycles. The molecule has 5 rings (SSSR count). The number of hydrogen-bond donors (Lipinski definition) is 0. The van der Waals surface area contributed by atoms with Crippen molar-refractivity contribution in [2.45, 2.75) is 12.8 Å². The molecule has 0 amide bonds. The molecule has 0 N–H and O–H groups in total. The lowest BCUT2D eigenvalue weighted by molar-refractivity contribution is 0.627. The fourth-order valence-corrected chi connectivity index (χ4v) is 4.80. The van der Waals surface area contributed by atoms with E-state index in [2.05, 4.69) is 72.8 Å². The first kappa shape index (κ1) is 21.4. The van der Waals surface area contributed by atoms with Crippen LogP contribution in [0.5, 0.6) is 0 Å². The summed E-state index contributed by atoms with van der Waals surface area (Å²) in [4.78, 5) is 0. The zero-order valence-electron chi connectivity index (χ0n) is 18.3. The lowest BCUT2D eigenvalue weighted by atomic mass is 9.95. The first-order chi connectivity index (χ1) is 16.2. The quantitative estimate of drug-likeness (QED) is 0.259. The van der Waals surface area contributed by atoms with E-state index in [-0.39, 0.29) is 5.82 Å². The van der Waals surface area contributed by atoms with Crippen LogP contribution in [-0.4, -0.2) is 5.88 Å². The Morgan fingerprint density at radius 3 is 2.09 bits per heavy atom. The van der Waals surface area contributed by atoms with Crippen LogP contribution in [0, 0.1) is 5.82 Å². The van der Waals surface area contributed by atoms with Gasteiger partial charge in [-0.3, -0.25) is 0 Å². The summed E-state index contributed by atoms with van der Waals surface area (Å²) in [5.74, 6) is 0.298. The summed E-state index contributed by atoms with van der Waals surface area (Å²) < 4.78 is 13.7. The van der Waals surface area contributed by atoms with Crippen LogP contribution in [-0.2, 0) is 6.42 Å². The summed E-state index contributed by atoms with van der Waals surface area (Å²) in [6, 6.07) is 34.4. The molecular formula is C31H24ClF. The van der Waals surface area contributed by atoms with Gasteiger partial charge in [0.2, 0.25) is 0 Å². The number of fused-ring (bicyclic) bond motifs is 1. The lowest BCUT2D eigenvalue weighted by Crippen LogP contribution is -1.93. The Labute approximate surface area is 199 Å². The average Bonchev–Trinajstić information content (AvgIpc) is 3.14. The Morgan fingerprint density at radius 2 is 1.39 bits per heavy atom. The van der Waals surface area contributed by atoms with Crippen LogP contribution in [0.2, 0.25) is 0 Å². The van der Waals surface area contributed by atoms with E-state index in [1.165, 1.54) is 45.5 Å². The smallest absolute Gasteiger partial charge is 0.123 e. The molecule has 1 aliphatic carbocycles. The summed E-state index contributed by atoms with van der Waals surface area (Å²) in [5.41, 5.74) is 10.7. The number of allylic oxidation sites excluding steroid dienone is 2. The Hall–Kier alpha value is -3.42. The van der Waals surface area contributed by atoms with Crippen molar-refractivity contribution in [1.29, 1.82) is 0 Å². The van der Waals surface area contributed by atoms with Gasteiger partial charge >= 0.3 is 0 Å². The van der Waals surface area contributed by atoms with Crippen LogP contribution in [0.15, 0.2) is 109 Å². The molecule has 0 atom stereocenters. The molecular weight excluding hydrogens is 427 g/mol. The SMILES string of the molecule is Fc1ccc(C2=C(CCCl)/C(=C/c3ccccc3)c3cc(Cc4ccccc4)ccc32)cc1. The number of hydrogen-bond acceptors (Lipinski definition) is 0. The van der Waals surface area contributed by atoms with Gasteiger partial charge in [-0.1, -0.05) is 91.0 Å². The van der Waals surface area contributed by atoms with Crippen molar-refractivity contribution in [3.05, 3.63) is 148 Å². The third-order valence-electron chi connectivity index (χ3n) is 6.11. The van der Waals surface area contributed by atoms with Crippen LogP contribution in [0.25, 0.3) is 17.2 Å². The van der Waals surface area contributed by atoms with E-state index in [9.17, 15) is 4.39 Å². The second kappa shape index (κ2) is 9.60. The average molecular weight is 451 g/mol. The van der Waals surface area contributed by atoms with Gasteiger partial charge in [-0.05, 0) is 81.2 Å². The van der Waals surface area contributed by atoms with Crippen LogP contribution >= 0.6 is 11.6 Å². The van der Waals surface area contributed by atoms with Gasteiger partial charge in [-0.2, -0.15) is 0 Å². The van der Waals surface area contributed by atoms with Crippen molar-refractivity contribution in [2.75, 3.05) is 5.88 Å². The maximum Gasteiger partial charge on any atom is 0.123 e. The highest BCUT2D eigenvalue weighted by molar-refractivity contribution is 6.19. The van der Waals surface area contributed by atoms with E-state index >= 15 is 0 Å². The molecule has 162 valence electrons. The molecule has 33 heavy (non-hydrogen) atoms. The molecule has 0 spiro atoms. The highest BCUT2D eigenvalue weighted by atomic mass is 35.5. The predicted octanol–water partition coefficient (Wildman–Crippen LogP) is 8.40. The molecule has 0 radical (unpaired) electrons. The number of rotatable bonds is 6. The highest BCUT2D eigenvalue weighted by Gasteiger charge is 2.27. The molecule has 1 aliphatic rings. The van der Waals surface area contributed by atoms with E-state index in [1.54, 1.807) is 0 Å². The fourth-order valence-electron chi connectivity index (χ4n) is 4.61. The maximum absolute atomic E-state index is 13.7. The van der Waals surface area contributed by atoms with Crippen LogP contribution in [0.3, 0.4) is 0 Å². The van der Waals surface area contributed by atoms with Gasteiger partial charge in [0.05, 0.1) is 0 Å². The second-order valence-corrected chi connectivity index (χ2v) is 8.69. The predicted molar refractivity (Wildman–Crippen MR) is 138 cm³/mol. The van der Waals surface area contributed by atoms with Crippen LogP contribution in [0.4, 0.5) is 4.39 Å². The maximum atomic E-state index is 13.7. The van der Waals surface area contributed by atoms with Gasteiger partial charge in [-0.25, -0.2) is 4.39 Å². The summed E-state index contributed by atoms with van der Waals surface area (Å²) in [7, 11) is 0. The molecule has 0 unspecified atom stereocenters. The van der Waals surface area contributed by atoms with Crippen molar-refractivity contribution in [3.63, 3.8) is 0 Å². The van der Waals surface area contributed by atoms with Crippen molar-refractivity contribution < 1.29 is 4.39 Å². The third kappa shape index (κ3) is 4.55. The van der Waals surface area contributed by atoms with Crippen molar-refractivity contribution in [1.82, 2.24) is 0 Å². The number of alkyl halides is 1. The zero-order valence-corrected chi connectivity index (χ0v) is 19.0. The zero-order chi connectivity index (χ0) is 22.6. The molecule has 0 aromatic heterocycles. The molecule has 0 bridgehead atoms. The van der Waals surface area contributed by atoms with Gasteiger partial charge < -0.3 is 0 Å². The normalized spacial score (nSPS) is 14.1. The van der Waals surface area contributed by atoms with Crippen molar-refractivity contribution >= 4 is 28.8 Å². The molecule has 0 saturated heterocycles. The van der Waals surface area contributed by atoms with E-state index in [4.69, 9.17) is 11.6 Å². The van der Waals surface area contributed by atoms with Gasteiger partial charge in [-0.15, -0.1) is 11.6 Å². The monoisotopic (exact) mass is 450 g/mol. The minimum atomic E-state index is -0.227. The van der Waals surface area contributed by atoms with Gasteiger partial charge in [0.15, 0.2) is 0 Å². The van der Waals surface area contributed by atoms with Gasteiger partial charge in [0.25, 0.3) is 0 Å².